The van der Waals surface area contributed by atoms with Crippen LogP contribution in [0.15, 0.2) is 194 Å². The summed E-state index contributed by atoms with van der Waals surface area (Å²) < 4.78 is 2.49. The monoisotopic (exact) mass is 798 g/mol. The van der Waals surface area contributed by atoms with Crippen molar-refractivity contribution in [2.45, 2.75) is 52.4 Å². The van der Waals surface area contributed by atoms with Crippen LogP contribution in [0.25, 0.3) is 81.7 Å². The summed E-state index contributed by atoms with van der Waals surface area (Å²) in [6, 6.07) is 72.5. The number of benzene rings is 10. The third-order valence-electron chi connectivity index (χ3n) is 13.0. The van der Waals surface area contributed by atoms with Gasteiger partial charge in [-0.15, -0.1) is 0 Å². The number of hydrogen-bond donors (Lipinski definition) is 0. The molecule has 0 unspecified atom stereocenters. The first kappa shape index (κ1) is 37.8. The van der Waals surface area contributed by atoms with Crippen LogP contribution in [0.2, 0.25) is 0 Å². The molecular formula is C60H50N2. The summed E-state index contributed by atoms with van der Waals surface area (Å²) in [7, 11) is 0. The standard InChI is InChI=1S/C60H50N2/c1-59(2,3)44-27-30-54-56(37-44)62(46-18-8-7-9-19-46)57-38-45(60(4,5)6)36-55(58(54)57)41-17-14-20-47(33-41)61(48-28-31-52-42(34-48)25-23-39-15-10-12-21-50(39)52)49-29-32-53-43(35-49)26-24-40-16-11-13-22-51(40)53/h7-38H,1-6H3. The van der Waals surface area contributed by atoms with Gasteiger partial charge in [0.15, 0.2) is 0 Å². The summed E-state index contributed by atoms with van der Waals surface area (Å²) in [5, 5.41) is 12.6. The number of anilines is 3. The van der Waals surface area contributed by atoms with Crippen LogP contribution in [0.3, 0.4) is 0 Å². The molecule has 0 radical (unpaired) electrons. The van der Waals surface area contributed by atoms with Crippen LogP contribution in [0.4, 0.5) is 17.1 Å². The van der Waals surface area contributed by atoms with Gasteiger partial charge in [0.2, 0.25) is 0 Å². The minimum atomic E-state index is -0.0777. The average molecular weight is 799 g/mol. The second-order valence-electron chi connectivity index (χ2n) is 19.1. The third kappa shape index (κ3) is 6.32. The van der Waals surface area contributed by atoms with E-state index in [0.717, 1.165) is 17.1 Å². The van der Waals surface area contributed by atoms with E-state index < -0.39 is 0 Å². The molecule has 10 aromatic carbocycles. The summed E-state index contributed by atoms with van der Waals surface area (Å²) >= 11 is 0. The van der Waals surface area contributed by atoms with E-state index in [-0.39, 0.29) is 10.8 Å². The number of fused-ring (bicyclic) bond motifs is 9. The van der Waals surface area contributed by atoms with Crippen molar-refractivity contribution in [2.75, 3.05) is 4.90 Å². The molecule has 1 aromatic heterocycles. The van der Waals surface area contributed by atoms with Crippen molar-refractivity contribution >= 4 is 82.0 Å². The molecule has 0 saturated carbocycles. The minimum absolute atomic E-state index is 0.00900. The fourth-order valence-corrected chi connectivity index (χ4v) is 9.67. The smallest absolute Gasteiger partial charge is 0.0550 e. The van der Waals surface area contributed by atoms with Gasteiger partial charge in [-0.1, -0.05) is 169 Å². The molecule has 0 aliphatic heterocycles. The second kappa shape index (κ2) is 14.2. The summed E-state index contributed by atoms with van der Waals surface area (Å²) in [5.41, 5.74) is 12.0. The first-order valence-corrected chi connectivity index (χ1v) is 21.9. The van der Waals surface area contributed by atoms with Crippen molar-refractivity contribution in [3.8, 4) is 16.8 Å². The van der Waals surface area contributed by atoms with Crippen LogP contribution in [-0.2, 0) is 10.8 Å². The summed E-state index contributed by atoms with van der Waals surface area (Å²) in [6.07, 6.45) is 0. The van der Waals surface area contributed by atoms with Gasteiger partial charge >= 0.3 is 0 Å². The van der Waals surface area contributed by atoms with Gasteiger partial charge in [-0.2, -0.15) is 0 Å². The minimum Gasteiger partial charge on any atom is -0.310 e. The van der Waals surface area contributed by atoms with Crippen LogP contribution < -0.4 is 4.90 Å². The van der Waals surface area contributed by atoms with Crippen molar-refractivity contribution in [3.05, 3.63) is 205 Å². The second-order valence-corrected chi connectivity index (χ2v) is 19.1. The van der Waals surface area contributed by atoms with Gasteiger partial charge in [0, 0.05) is 33.5 Å². The summed E-state index contributed by atoms with van der Waals surface area (Å²) in [5.74, 6) is 0. The Hall–Kier alpha value is -7.16. The Labute approximate surface area is 364 Å². The quantitative estimate of drug-likeness (QED) is 0.157. The Kier molecular flexibility index (Phi) is 8.67. The zero-order valence-electron chi connectivity index (χ0n) is 36.4. The van der Waals surface area contributed by atoms with Crippen LogP contribution in [0.5, 0.6) is 0 Å². The lowest BCUT2D eigenvalue weighted by atomic mass is 9.83. The zero-order valence-corrected chi connectivity index (χ0v) is 36.4. The van der Waals surface area contributed by atoms with Gasteiger partial charge in [0.05, 0.1) is 11.0 Å². The third-order valence-corrected chi connectivity index (χ3v) is 13.0. The Morgan fingerprint density at radius 3 is 1.48 bits per heavy atom. The van der Waals surface area contributed by atoms with E-state index in [9.17, 15) is 0 Å². The molecule has 0 amide bonds. The molecule has 0 spiro atoms. The fourth-order valence-electron chi connectivity index (χ4n) is 9.67. The van der Waals surface area contributed by atoms with Crippen LogP contribution in [0, 0.1) is 0 Å². The van der Waals surface area contributed by atoms with E-state index in [4.69, 9.17) is 0 Å². The molecule has 0 saturated heterocycles. The number of para-hydroxylation sites is 1. The molecule has 0 N–H and O–H groups in total. The molecule has 0 atom stereocenters. The first-order chi connectivity index (χ1) is 30.0. The lowest BCUT2D eigenvalue weighted by Crippen LogP contribution is -2.12. The molecule has 11 aromatic rings. The lowest BCUT2D eigenvalue weighted by Gasteiger charge is -2.27. The van der Waals surface area contributed by atoms with E-state index in [1.807, 2.05) is 0 Å². The van der Waals surface area contributed by atoms with Crippen molar-refractivity contribution in [1.29, 1.82) is 0 Å². The maximum absolute atomic E-state index is 2.49. The van der Waals surface area contributed by atoms with E-state index in [1.165, 1.54) is 92.8 Å². The normalized spacial score (nSPS) is 12.4. The Morgan fingerprint density at radius 2 is 0.871 bits per heavy atom. The van der Waals surface area contributed by atoms with E-state index in [2.05, 4.69) is 245 Å². The van der Waals surface area contributed by atoms with Crippen molar-refractivity contribution < 1.29 is 0 Å². The van der Waals surface area contributed by atoms with Gasteiger partial charge in [-0.05, 0) is 143 Å². The van der Waals surface area contributed by atoms with Crippen molar-refractivity contribution in [1.82, 2.24) is 4.57 Å². The maximum Gasteiger partial charge on any atom is 0.0550 e. The molecular weight excluding hydrogens is 749 g/mol. The van der Waals surface area contributed by atoms with Crippen molar-refractivity contribution in [3.63, 3.8) is 0 Å². The molecule has 1 heterocycles. The molecule has 300 valence electrons. The van der Waals surface area contributed by atoms with Gasteiger partial charge in [-0.25, -0.2) is 0 Å². The highest BCUT2D eigenvalue weighted by Crippen LogP contribution is 2.45. The van der Waals surface area contributed by atoms with E-state index in [0.29, 0.717) is 0 Å². The molecule has 0 aliphatic rings. The van der Waals surface area contributed by atoms with E-state index >= 15 is 0 Å². The van der Waals surface area contributed by atoms with Gasteiger partial charge in [0.25, 0.3) is 0 Å². The largest absolute Gasteiger partial charge is 0.310 e. The highest BCUT2D eigenvalue weighted by Gasteiger charge is 2.25. The maximum atomic E-state index is 2.49. The van der Waals surface area contributed by atoms with Crippen LogP contribution >= 0.6 is 0 Å². The lowest BCUT2D eigenvalue weighted by molar-refractivity contribution is 0.591. The highest BCUT2D eigenvalue weighted by atomic mass is 15.1. The number of hydrogen-bond acceptors (Lipinski definition) is 1. The number of aromatic nitrogens is 1. The van der Waals surface area contributed by atoms with Gasteiger partial charge in [0.1, 0.15) is 0 Å². The summed E-state index contributed by atoms with van der Waals surface area (Å²) in [6.45, 7) is 13.9. The predicted octanol–water partition coefficient (Wildman–Crippen LogP) is 17.1. The average Bonchev–Trinajstić information content (AvgIpc) is 3.62. The Balaban J connectivity index is 1.17. The highest BCUT2D eigenvalue weighted by molar-refractivity contribution is 6.17. The molecule has 0 fully saturated rings. The Bertz CT molecular complexity index is 3420. The molecule has 0 aliphatic carbocycles. The van der Waals surface area contributed by atoms with E-state index in [1.54, 1.807) is 0 Å². The van der Waals surface area contributed by atoms with Gasteiger partial charge in [-0.3, -0.25) is 0 Å². The topological polar surface area (TPSA) is 8.17 Å². The predicted molar refractivity (Wildman–Crippen MR) is 268 cm³/mol. The van der Waals surface area contributed by atoms with Crippen LogP contribution in [-0.4, -0.2) is 4.57 Å². The zero-order chi connectivity index (χ0) is 42.3. The first-order valence-electron chi connectivity index (χ1n) is 21.9. The SMILES string of the molecule is CC(C)(C)c1ccc2c3c(-c4cccc(N(c5ccc6c(ccc7ccccc76)c5)c5ccc6c(ccc7ccccc76)c5)c4)cc(C(C)(C)C)cc3n(-c3ccccc3)c2c1. The molecule has 2 nitrogen and oxygen atoms in total. The number of rotatable bonds is 5. The van der Waals surface area contributed by atoms with Gasteiger partial charge < -0.3 is 9.47 Å². The van der Waals surface area contributed by atoms with Crippen LogP contribution in [0.1, 0.15) is 52.7 Å². The molecule has 0 bridgehead atoms. The van der Waals surface area contributed by atoms with Crippen molar-refractivity contribution in [2.24, 2.45) is 0 Å². The molecule has 62 heavy (non-hydrogen) atoms. The number of nitrogens with zero attached hydrogens (tertiary/aromatic N) is 2. The summed E-state index contributed by atoms with van der Waals surface area (Å²) in [4.78, 5) is 2.44. The molecule has 2 heteroatoms. The fraction of sp³-hybridized carbons (Fsp3) is 0.133. The Morgan fingerprint density at radius 1 is 0.355 bits per heavy atom. The molecule has 11 rings (SSSR count).